The third-order valence-electron chi connectivity index (χ3n) is 3.43. The van der Waals surface area contributed by atoms with E-state index in [4.69, 9.17) is 5.73 Å². The van der Waals surface area contributed by atoms with Crippen LogP contribution in [0.3, 0.4) is 0 Å². The molecule has 2 aromatic heterocycles. The van der Waals surface area contributed by atoms with Crippen molar-refractivity contribution in [3.8, 4) is 5.69 Å². The predicted octanol–water partition coefficient (Wildman–Crippen LogP) is 1.92. The first-order valence-corrected chi connectivity index (χ1v) is 7.01. The van der Waals surface area contributed by atoms with Crippen LogP contribution in [0, 0.1) is 0 Å². The highest BCUT2D eigenvalue weighted by atomic mass is 15.4. The second kappa shape index (κ2) is 5.88. The van der Waals surface area contributed by atoms with Gasteiger partial charge in [-0.2, -0.15) is 5.10 Å². The fourth-order valence-corrected chi connectivity index (χ4v) is 2.13. The highest BCUT2D eigenvalue weighted by Gasteiger charge is 2.08. The Morgan fingerprint density at radius 3 is 2.71 bits per heavy atom. The van der Waals surface area contributed by atoms with Gasteiger partial charge in [0.2, 0.25) is 0 Å². The molecule has 0 aliphatic rings. The monoisotopic (exact) mass is 282 g/mol. The summed E-state index contributed by atoms with van der Waals surface area (Å²) in [6.07, 6.45) is 6.46. The van der Waals surface area contributed by atoms with Crippen molar-refractivity contribution in [2.75, 3.05) is 0 Å². The Labute approximate surface area is 123 Å². The zero-order valence-corrected chi connectivity index (χ0v) is 11.9. The Bertz CT molecular complexity index is 683. The first-order chi connectivity index (χ1) is 10.3. The van der Waals surface area contributed by atoms with Crippen molar-refractivity contribution < 1.29 is 0 Å². The molecule has 1 unspecified atom stereocenters. The van der Waals surface area contributed by atoms with E-state index in [0.717, 1.165) is 23.4 Å². The van der Waals surface area contributed by atoms with Gasteiger partial charge < -0.3 is 5.73 Å². The van der Waals surface area contributed by atoms with E-state index in [1.165, 1.54) is 0 Å². The molecule has 2 heterocycles. The molecule has 21 heavy (non-hydrogen) atoms. The van der Waals surface area contributed by atoms with Gasteiger partial charge in [-0.3, -0.25) is 0 Å². The molecule has 3 aromatic rings. The van der Waals surface area contributed by atoms with Crippen LogP contribution in [0.1, 0.15) is 30.6 Å². The third kappa shape index (κ3) is 3.00. The molecule has 6 nitrogen and oxygen atoms in total. The van der Waals surface area contributed by atoms with Crippen molar-refractivity contribution in [3.05, 3.63) is 60.2 Å². The molecule has 0 aliphatic heterocycles. The van der Waals surface area contributed by atoms with Crippen molar-refractivity contribution in [2.45, 2.75) is 25.9 Å². The van der Waals surface area contributed by atoms with Crippen LogP contribution in [0.15, 0.2) is 48.9 Å². The summed E-state index contributed by atoms with van der Waals surface area (Å²) in [5, 5.41) is 12.4. The number of nitrogens with zero attached hydrogens (tertiary/aromatic N) is 5. The zero-order chi connectivity index (χ0) is 14.7. The summed E-state index contributed by atoms with van der Waals surface area (Å²) in [6.45, 7) is 2.72. The van der Waals surface area contributed by atoms with Gasteiger partial charge in [-0.05, 0) is 30.2 Å². The number of hydrogen-bond acceptors (Lipinski definition) is 4. The average molecular weight is 282 g/mol. The largest absolute Gasteiger partial charge is 0.323 e. The van der Waals surface area contributed by atoms with Crippen molar-refractivity contribution in [3.63, 3.8) is 0 Å². The van der Waals surface area contributed by atoms with Crippen LogP contribution in [0.5, 0.6) is 0 Å². The second-order valence-corrected chi connectivity index (χ2v) is 4.97. The standard InChI is InChI=1S/C15H18N6/c1-2-14(16)15-11-20(19-18-15)10-12-4-6-13(7-5-12)21-9-3-8-17-21/h3-9,11,14H,2,10,16H2,1H3. The number of benzene rings is 1. The molecule has 2 N–H and O–H groups in total. The minimum absolute atomic E-state index is 0.0408. The fraction of sp³-hybridized carbons (Fsp3) is 0.267. The minimum atomic E-state index is -0.0408. The highest BCUT2D eigenvalue weighted by Crippen LogP contribution is 2.12. The molecule has 6 heteroatoms. The first-order valence-electron chi connectivity index (χ1n) is 7.01. The Balaban J connectivity index is 1.72. The molecule has 108 valence electrons. The lowest BCUT2D eigenvalue weighted by molar-refractivity contribution is 0.644. The van der Waals surface area contributed by atoms with Crippen molar-refractivity contribution in [1.82, 2.24) is 24.8 Å². The number of nitrogens with two attached hydrogens (primary N) is 1. The van der Waals surface area contributed by atoms with E-state index < -0.39 is 0 Å². The molecule has 0 amide bonds. The van der Waals surface area contributed by atoms with Crippen molar-refractivity contribution >= 4 is 0 Å². The predicted molar refractivity (Wildman–Crippen MR) is 79.9 cm³/mol. The third-order valence-corrected chi connectivity index (χ3v) is 3.43. The summed E-state index contributed by atoms with van der Waals surface area (Å²) in [7, 11) is 0. The van der Waals surface area contributed by atoms with E-state index in [1.807, 2.05) is 46.9 Å². The van der Waals surface area contributed by atoms with Gasteiger partial charge in [0.1, 0.15) is 0 Å². The molecule has 0 saturated heterocycles. The normalized spacial score (nSPS) is 12.5. The summed E-state index contributed by atoms with van der Waals surface area (Å²) in [4.78, 5) is 0. The van der Waals surface area contributed by atoms with Gasteiger partial charge in [0.05, 0.1) is 30.2 Å². The van der Waals surface area contributed by atoms with Crippen LogP contribution in [-0.2, 0) is 6.54 Å². The van der Waals surface area contributed by atoms with E-state index in [-0.39, 0.29) is 6.04 Å². The first kappa shape index (κ1) is 13.5. The van der Waals surface area contributed by atoms with Gasteiger partial charge in [0.15, 0.2) is 0 Å². The Hall–Kier alpha value is -2.47. The highest BCUT2D eigenvalue weighted by molar-refractivity contribution is 5.33. The maximum atomic E-state index is 5.95. The van der Waals surface area contributed by atoms with Crippen LogP contribution >= 0.6 is 0 Å². The molecule has 0 fully saturated rings. The molecule has 1 atom stereocenters. The lowest BCUT2D eigenvalue weighted by Gasteiger charge is -2.04. The maximum Gasteiger partial charge on any atom is 0.0994 e. The molecule has 0 radical (unpaired) electrons. The Morgan fingerprint density at radius 2 is 2.05 bits per heavy atom. The topological polar surface area (TPSA) is 74.5 Å². The van der Waals surface area contributed by atoms with E-state index in [0.29, 0.717) is 6.54 Å². The van der Waals surface area contributed by atoms with E-state index in [2.05, 4.69) is 27.5 Å². The molecule has 0 spiro atoms. The van der Waals surface area contributed by atoms with Crippen molar-refractivity contribution in [2.24, 2.45) is 5.73 Å². The lowest BCUT2D eigenvalue weighted by atomic mass is 10.2. The number of aromatic nitrogens is 5. The minimum Gasteiger partial charge on any atom is -0.323 e. The van der Waals surface area contributed by atoms with Crippen LogP contribution in [0.25, 0.3) is 5.69 Å². The van der Waals surface area contributed by atoms with Crippen LogP contribution in [-0.4, -0.2) is 24.8 Å². The molecular weight excluding hydrogens is 264 g/mol. The van der Waals surface area contributed by atoms with Gasteiger partial charge in [-0.25, -0.2) is 9.36 Å². The number of rotatable bonds is 5. The molecule has 0 saturated carbocycles. The summed E-state index contributed by atoms with van der Waals surface area (Å²) >= 11 is 0. The van der Waals surface area contributed by atoms with Crippen molar-refractivity contribution in [1.29, 1.82) is 0 Å². The molecule has 0 bridgehead atoms. The molecular formula is C15H18N6. The Morgan fingerprint density at radius 1 is 1.24 bits per heavy atom. The Kier molecular flexibility index (Phi) is 3.79. The van der Waals surface area contributed by atoms with Gasteiger partial charge >= 0.3 is 0 Å². The zero-order valence-electron chi connectivity index (χ0n) is 11.9. The summed E-state index contributed by atoms with van der Waals surface area (Å²) in [6, 6.07) is 10.1. The van der Waals surface area contributed by atoms with E-state index >= 15 is 0 Å². The second-order valence-electron chi connectivity index (χ2n) is 4.97. The SMILES string of the molecule is CCC(N)c1cn(Cc2ccc(-n3cccn3)cc2)nn1. The average Bonchev–Trinajstić information content (AvgIpc) is 3.18. The quantitative estimate of drug-likeness (QED) is 0.776. The van der Waals surface area contributed by atoms with E-state index in [1.54, 1.807) is 6.20 Å². The molecule has 1 aromatic carbocycles. The maximum absolute atomic E-state index is 5.95. The van der Waals surface area contributed by atoms with Gasteiger partial charge in [0, 0.05) is 12.4 Å². The fourth-order valence-electron chi connectivity index (χ4n) is 2.13. The van der Waals surface area contributed by atoms with Gasteiger partial charge in [-0.1, -0.05) is 24.3 Å². The summed E-state index contributed by atoms with van der Waals surface area (Å²) in [5.41, 5.74) is 8.99. The van der Waals surface area contributed by atoms with Crippen LogP contribution in [0.2, 0.25) is 0 Å². The van der Waals surface area contributed by atoms with Crippen LogP contribution < -0.4 is 5.73 Å². The van der Waals surface area contributed by atoms with Gasteiger partial charge in [-0.15, -0.1) is 5.10 Å². The lowest BCUT2D eigenvalue weighted by Crippen LogP contribution is -2.08. The number of hydrogen-bond donors (Lipinski definition) is 1. The van der Waals surface area contributed by atoms with Gasteiger partial charge in [0.25, 0.3) is 0 Å². The summed E-state index contributed by atoms with van der Waals surface area (Å²) < 4.78 is 3.64. The van der Waals surface area contributed by atoms with Crippen LogP contribution in [0.4, 0.5) is 0 Å². The molecule has 0 aliphatic carbocycles. The molecule has 3 rings (SSSR count). The van der Waals surface area contributed by atoms with E-state index in [9.17, 15) is 0 Å². The smallest absolute Gasteiger partial charge is 0.0994 e. The summed E-state index contributed by atoms with van der Waals surface area (Å²) in [5.74, 6) is 0.